The third-order valence-electron chi connectivity index (χ3n) is 5.55. The first-order valence-electron chi connectivity index (χ1n) is 11.6. The molecular formula is C30H36O5. The van der Waals surface area contributed by atoms with Crippen LogP contribution in [-0.2, 0) is 14.2 Å². The number of ketones is 2. The first kappa shape index (κ1) is 28.1. The summed E-state index contributed by atoms with van der Waals surface area (Å²) in [5.41, 5.74) is 0.935. The topological polar surface area (TPSA) is 61.8 Å². The second kappa shape index (κ2) is 12.5. The van der Waals surface area contributed by atoms with Crippen LogP contribution < -0.4 is 0 Å². The lowest BCUT2D eigenvalue weighted by Gasteiger charge is -2.24. The Morgan fingerprint density at radius 3 is 1.34 bits per heavy atom. The van der Waals surface area contributed by atoms with Gasteiger partial charge in [0.2, 0.25) is 0 Å². The Labute approximate surface area is 209 Å². The van der Waals surface area contributed by atoms with Gasteiger partial charge in [0, 0.05) is 11.1 Å². The third-order valence-corrected chi connectivity index (χ3v) is 5.55. The van der Waals surface area contributed by atoms with Gasteiger partial charge in [-0.3, -0.25) is 9.59 Å². The number of carbonyl (C=O) groups is 2. The third kappa shape index (κ3) is 7.43. The Hall–Kier alpha value is -3.12. The zero-order chi connectivity index (χ0) is 26.1. The highest BCUT2D eigenvalue weighted by Crippen LogP contribution is 2.29. The Bertz CT molecular complexity index is 950. The van der Waals surface area contributed by atoms with Crippen LogP contribution in [0.5, 0.6) is 0 Å². The zero-order valence-electron chi connectivity index (χ0n) is 21.2. The molecule has 0 fully saturated rings. The SMILES string of the molecule is C=CCOC(c1ccc(C(=O)C(C)(C)OCC=C)cc1)c1ccc(C(=O)C(C)(C)OCC=C)cc1. The van der Waals surface area contributed by atoms with Crippen LogP contribution in [0, 0.1) is 0 Å². The molecule has 2 aromatic rings. The molecule has 0 atom stereocenters. The minimum atomic E-state index is -0.958. The van der Waals surface area contributed by atoms with Crippen LogP contribution in [0.4, 0.5) is 0 Å². The first-order valence-corrected chi connectivity index (χ1v) is 11.6. The summed E-state index contributed by atoms with van der Waals surface area (Å²) in [6, 6.07) is 14.6. The Morgan fingerprint density at radius 1 is 0.686 bits per heavy atom. The monoisotopic (exact) mass is 476 g/mol. The number of hydrogen-bond acceptors (Lipinski definition) is 5. The number of ether oxygens (including phenoxy) is 3. The highest BCUT2D eigenvalue weighted by molar-refractivity contribution is 6.02. The quantitative estimate of drug-likeness (QED) is 0.223. The maximum absolute atomic E-state index is 12.9. The summed E-state index contributed by atoms with van der Waals surface area (Å²) in [7, 11) is 0. The van der Waals surface area contributed by atoms with E-state index in [1.165, 1.54) is 0 Å². The fourth-order valence-electron chi connectivity index (χ4n) is 3.53. The summed E-state index contributed by atoms with van der Waals surface area (Å²) in [4.78, 5) is 25.8. The minimum absolute atomic E-state index is 0.112. The molecule has 0 bridgehead atoms. The molecule has 5 nitrogen and oxygen atoms in total. The molecule has 0 aliphatic heterocycles. The van der Waals surface area contributed by atoms with E-state index in [1.54, 1.807) is 70.2 Å². The highest BCUT2D eigenvalue weighted by atomic mass is 16.5. The molecule has 0 aliphatic rings. The van der Waals surface area contributed by atoms with Crippen molar-refractivity contribution in [3.05, 3.63) is 109 Å². The molecule has 0 radical (unpaired) electrons. The molecule has 0 heterocycles. The fourth-order valence-corrected chi connectivity index (χ4v) is 3.53. The van der Waals surface area contributed by atoms with Crippen molar-refractivity contribution < 1.29 is 23.8 Å². The molecule has 0 amide bonds. The summed E-state index contributed by atoms with van der Waals surface area (Å²) in [6.45, 7) is 18.9. The number of benzene rings is 2. The lowest BCUT2D eigenvalue weighted by Crippen LogP contribution is -2.35. The van der Waals surface area contributed by atoms with Crippen LogP contribution in [0.3, 0.4) is 0 Å². The van der Waals surface area contributed by atoms with Gasteiger partial charge in [0.1, 0.15) is 17.3 Å². The molecule has 0 saturated heterocycles. The first-order chi connectivity index (χ1) is 16.6. The van der Waals surface area contributed by atoms with Crippen molar-refractivity contribution in [1.29, 1.82) is 0 Å². The van der Waals surface area contributed by atoms with Crippen molar-refractivity contribution in [2.24, 2.45) is 0 Å². The average molecular weight is 477 g/mol. The van der Waals surface area contributed by atoms with E-state index < -0.39 is 17.3 Å². The van der Waals surface area contributed by atoms with Crippen LogP contribution in [0.1, 0.15) is 65.6 Å². The Morgan fingerprint density at radius 2 is 1.03 bits per heavy atom. The van der Waals surface area contributed by atoms with Crippen molar-refractivity contribution in [2.75, 3.05) is 19.8 Å². The van der Waals surface area contributed by atoms with Gasteiger partial charge < -0.3 is 14.2 Å². The van der Waals surface area contributed by atoms with E-state index in [0.29, 0.717) is 30.9 Å². The second-order valence-corrected chi connectivity index (χ2v) is 9.12. The van der Waals surface area contributed by atoms with Crippen molar-refractivity contribution in [2.45, 2.75) is 45.0 Å². The van der Waals surface area contributed by atoms with Crippen molar-refractivity contribution in [1.82, 2.24) is 0 Å². The van der Waals surface area contributed by atoms with Crippen molar-refractivity contribution in [3.63, 3.8) is 0 Å². The van der Waals surface area contributed by atoms with Crippen molar-refractivity contribution >= 4 is 11.6 Å². The van der Waals surface area contributed by atoms with Crippen LogP contribution in [-0.4, -0.2) is 42.6 Å². The van der Waals surface area contributed by atoms with E-state index in [1.807, 2.05) is 24.3 Å². The van der Waals surface area contributed by atoms with Crippen LogP contribution in [0.25, 0.3) is 0 Å². The summed E-state index contributed by atoms with van der Waals surface area (Å²) in [5.74, 6) is -0.225. The normalized spacial score (nSPS) is 11.8. The summed E-state index contributed by atoms with van der Waals surface area (Å²) >= 11 is 0. The molecule has 0 aromatic heterocycles. The van der Waals surface area contributed by atoms with Crippen LogP contribution >= 0.6 is 0 Å². The number of carbonyl (C=O) groups excluding carboxylic acids is 2. The molecule has 2 rings (SSSR count). The van der Waals surface area contributed by atoms with Gasteiger partial charge in [0.25, 0.3) is 0 Å². The van der Waals surface area contributed by atoms with Crippen LogP contribution in [0.2, 0.25) is 0 Å². The van der Waals surface area contributed by atoms with Gasteiger partial charge in [-0.05, 0) is 38.8 Å². The van der Waals surface area contributed by atoms with E-state index in [9.17, 15) is 9.59 Å². The van der Waals surface area contributed by atoms with E-state index in [-0.39, 0.29) is 11.6 Å². The molecule has 186 valence electrons. The Kier molecular flexibility index (Phi) is 10.1. The van der Waals surface area contributed by atoms with Gasteiger partial charge >= 0.3 is 0 Å². The van der Waals surface area contributed by atoms with Gasteiger partial charge in [0.05, 0.1) is 19.8 Å². The molecule has 0 N–H and O–H groups in total. The number of rotatable bonds is 15. The van der Waals surface area contributed by atoms with Crippen molar-refractivity contribution in [3.8, 4) is 0 Å². The molecule has 0 unspecified atom stereocenters. The molecule has 5 heteroatoms. The molecular weight excluding hydrogens is 440 g/mol. The van der Waals surface area contributed by atoms with E-state index >= 15 is 0 Å². The maximum atomic E-state index is 12.9. The Balaban J connectivity index is 2.28. The van der Waals surface area contributed by atoms with Gasteiger partial charge in [-0.2, -0.15) is 0 Å². The summed E-state index contributed by atoms with van der Waals surface area (Å²) < 4.78 is 17.3. The molecule has 0 aliphatic carbocycles. The number of hydrogen-bond donors (Lipinski definition) is 0. The van der Waals surface area contributed by atoms with E-state index in [4.69, 9.17) is 14.2 Å². The predicted molar refractivity (Wildman–Crippen MR) is 140 cm³/mol. The highest BCUT2D eigenvalue weighted by Gasteiger charge is 2.30. The fraction of sp³-hybridized carbons (Fsp3) is 0.333. The van der Waals surface area contributed by atoms with Gasteiger partial charge in [-0.1, -0.05) is 66.8 Å². The lowest BCUT2D eigenvalue weighted by molar-refractivity contribution is 0.00787. The average Bonchev–Trinajstić information content (AvgIpc) is 2.86. The predicted octanol–water partition coefficient (Wildman–Crippen LogP) is 6.31. The molecule has 0 saturated carbocycles. The molecule has 2 aromatic carbocycles. The maximum Gasteiger partial charge on any atom is 0.194 e. The smallest absolute Gasteiger partial charge is 0.194 e. The van der Waals surface area contributed by atoms with Gasteiger partial charge in [-0.25, -0.2) is 0 Å². The van der Waals surface area contributed by atoms with E-state index in [2.05, 4.69) is 19.7 Å². The van der Waals surface area contributed by atoms with E-state index in [0.717, 1.165) is 11.1 Å². The minimum Gasteiger partial charge on any atom is -0.365 e. The number of Topliss-reactive ketones (excluding diaryl/α,β-unsaturated/α-hetero) is 2. The zero-order valence-corrected chi connectivity index (χ0v) is 21.2. The summed E-state index contributed by atoms with van der Waals surface area (Å²) in [6.07, 6.45) is 4.53. The molecule has 0 spiro atoms. The molecule has 35 heavy (non-hydrogen) atoms. The second-order valence-electron chi connectivity index (χ2n) is 9.12. The standard InChI is InChI=1S/C30H36O5/c1-8-19-33-26(22-11-15-24(16-12-22)27(31)29(4,5)34-20-9-2)23-13-17-25(18-14-23)28(32)30(6,7)35-21-10-3/h8-18,26H,1-3,19-21H2,4-7H3. The largest absolute Gasteiger partial charge is 0.365 e. The lowest BCUT2D eigenvalue weighted by atomic mass is 9.92. The summed E-state index contributed by atoms with van der Waals surface area (Å²) in [5, 5.41) is 0. The van der Waals surface area contributed by atoms with Gasteiger partial charge in [-0.15, -0.1) is 19.7 Å². The van der Waals surface area contributed by atoms with Crippen LogP contribution in [0.15, 0.2) is 86.5 Å². The van der Waals surface area contributed by atoms with Gasteiger partial charge in [0.15, 0.2) is 11.6 Å².